The Bertz CT molecular complexity index is 1000. The molecule has 3 rings (SSSR count). The number of hydrogen-bond acceptors (Lipinski definition) is 4. The lowest BCUT2D eigenvalue weighted by molar-refractivity contribution is -0.116. The molecule has 1 aromatic heterocycles. The number of aromatic amines is 1. The summed E-state index contributed by atoms with van der Waals surface area (Å²) in [7, 11) is 0. The number of benzene rings is 2. The SMILES string of the molecule is Cc1cc(OCCCC(=O)Nc2ccc3nc[nH]c(=O)c3c2)ccc1Cl. The van der Waals surface area contributed by atoms with E-state index < -0.39 is 0 Å². The Morgan fingerprint density at radius 1 is 1.27 bits per heavy atom. The van der Waals surface area contributed by atoms with Crippen LogP contribution in [0.15, 0.2) is 47.5 Å². The Hall–Kier alpha value is -2.86. The maximum atomic E-state index is 12.1. The molecule has 0 radical (unpaired) electrons. The van der Waals surface area contributed by atoms with Crippen LogP contribution in [0.3, 0.4) is 0 Å². The Morgan fingerprint density at radius 3 is 2.92 bits per heavy atom. The number of rotatable bonds is 6. The predicted molar refractivity (Wildman–Crippen MR) is 102 cm³/mol. The third kappa shape index (κ3) is 4.40. The topological polar surface area (TPSA) is 84.1 Å². The van der Waals surface area contributed by atoms with Crippen molar-refractivity contribution in [3.05, 3.63) is 63.7 Å². The standard InChI is InChI=1S/C19H18ClN3O3/c1-12-9-14(5-6-16(12)20)26-8-2-3-18(24)23-13-4-7-17-15(10-13)19(25)22-11-21-17/h4-7,9-11H,2-3,8H2,1H3,(H,23,24)(H,21,22,25). The van der Waals surface area contributed by atoms with Gasteiger partial charge in [0.2, 0.25) is 5.91 Å². The molecule has 0 saturated heterocycles. The predicted octanol–water partition coefficient (Wildman–Crippen LogP) is 3.68. The fraction of sp³-hybridized carbons (Fsp3) is 0.211. The zero-order chi connectivity index (χ0) is 18.5. The summed E-state index contributed by atoms with van der Waals surface area (Å²) in [4.78, 5) is 30.4. The number of aromatic nitrogens is 2. The number of H-pyrrole nitrogens is 1. The van der Waals surface area contributed by atoms with Crippen molar-refractivity contribution < 1.29 is 9.53 Å². The molecule has 6 nitrogen and oxygen atoms in total. The first-order valence-corrected chi connectivity index (χ1v) is 8.57. The monoisotopic (exact) mass is 371 g/mol. The van der Waals surface area contributed by atoms with Gasteiger partial charge >= 0.3 is 0 Å². The minimum absolute atomic E-state index is 0.138. The first-order valence-electron chi connectivity index (χ1n) is 8.19. The molecule has 0 saturated carbocycles. The quantitative estimate of drug-likeness (QED) is 0.647. The van der Waals surface area contributed by atoms with Gasteiger partial charge in [0, 0.05) is 17.1 Å². The van der Waals surface area contributed by atoms with E-state index in [1.54, 1.807) is 30.3 Å². The minimum atomic E-state index is -0.238. The number of aryl methyl sites for hydroxylation is 1. The fourth-order valence-electron chi connectivity index (χ4n) is 2.50. The van der Waals surface area contributed by atoms with Gasteiger partial charge in [-0.15, -0.1) is 0 Å². The van der Waals surface area contributed by atoms with Gasteiger partial charge in [0.05, 0.1) is 23.8 Å². The highest BCUT2D eigenvalue weighted by Gasteiger charge is 2.06. The van der Waals surface area contributed by atoms with Crippen molar-refractivity contribution >= 4 is 34.1 Å². The third-order valence-corrected chi connectivity index (χ3v) is 4.29. The van der Waals surface area contributed by atoms with E-state index in [4.69, 9.17) is 16.3 Å². The molecule has 1 heterocycles. The van der Waals surface area contributed by atoms with E-state index >= 15 is 0 Å². The molecule has 3 aromatic rings. The molecule has 0 aliphatic heterocycles. The van der Waals surface area contributed by atoms with Gasteiger partial charge in [-0.1, -0.05) is 11.6 Å². The molecule has 0 aliphatic rings. The number of amides is 1. The number of carbonyl (C=O) groups is 1. The number of hydrogen-bond donors (Lipinski definition) is 2. The van der Waals surface area contributed by atoms with Crippen LogP contribution in [-0.4, -0.2) is 22.5 Å². The molecule has 0 unspecified atom stereocenters. The van der Waals surface area contributed by atoms with Crippen molar-refractivity contribution in [2.75, 3.05) is 11.9 Å². The molecular formula is C19H18ClN3O3. The lowest BCUT2D eigenvalue weighted by Crippen LogP contribution is -2.13. The lowest BCUT2D eigenvalue weighted by Gasteiger charge is -2.08. The molecule has 0 fully saturated rings. The largest absolute Gasteiger partial charge is 0.494 e. The Morgan fingerprint density at radius 2 is 2.12 bits per heavy atom. The molecule has 2 aromatic carbocycles. The van der Waals surface area contributed by atoms with Crippen LogP contribution >= 0.6 is 11.6 Å². The van der Waals surface area contributed by atoms with Crippen LogP contribution in [0, 0.1) is 6.92 Å². The summed E-state index contributed by atoms with van der Waals surface area (Å²) < 4.78 is 5.62. The highest BCUT2D eigenvalue weighted by atomic mass is 35.5. The van der Waals surface area contributed by atoms with Gasteiger partial charge in [-0.25, -0.2) is 4.98 Å². The molecule has 0 bridgehead atoms. The molecular weight excluding hydrogens is 354 g/mol. The van der Waals surface area contributed by atoms with E-state index in [-0.39, 0.29) is 11.5 Å². The summed E-state index contributed by atoms with van der Waals surface area (Å²) in [5, 5.41) is 3.92. The van der Waals surface area contributed by atoms with E-state index in [2.05, 4.69) is 15.3 Å². The van der Waals surface area contributed by atoms with Crippen LogP contribution in [0.2, 0.25) is 5.02 Å². The second-order valence-electron chi connectivity index (χ2n) is 5.87. The van der Waals surface area contributed by atoms with E-state index in [1.807, 2.05) is 13.0 Å². The number of nitrogens with one attached hydrogen (secondary N) is 2. The van der Waals surface area contributed by atoms with E-state index in [9.17, 15) is 9.59 Å². The third-order valence-electron chi connectivity index (χ3n) is 3.87. The maximum absolute atomic E-state index is 12.1. The summed E-state index contributed by atoms with van der Waals surface area (Å²) in [5.41, 5.74) is 1.86. The zero-order valence-electron chi connectivity index (χ0n) is 14.2. The van der Waals surface area contributed by atoms with Crippen molar-refractivity contribution in [3.63, 3.8) is 0 Å². The van der Waals surface area contributed by atoms with Crippen molar-refractivity contribution in [1.29, 1.82) is 0 Å². The summed E-state index contributed by atoms with van der Waals surface area (Å²) in [5.74, 6) is 0.592. The van der Waals surface area contributed by atoms with E-state index in [0.717, 1.165) is 11.3 Å². The second kappa shape index (κ2) is 8.01. The summed E-state index contributed by atoms with van der Waals surface area (Å²) in [6.45, 7) is 2.34. The summed E-state index contributed by atoms with van der Waals surface area (Å²) >= 11 is 5.97. The van der Waals surface area contributed by atoms with Crippen LogP contribution in [0.4, 0.5) is 5.69 Å². The van der Waals surface area contributed by atoms with Gasteiger partial charge < -0.3 is 15.0 Å². The van der Waals surface area contributed by atoms with Crippen molar-refractivity contribution in [2.24, 2.45) is 0 Å². The number of ether oxygens (including phenoxy) is 1. The van der Waals surface area contributed by atoms with Gasteiger partial charge in [0.15, 0.2) is 0 Å². The molecule has 0 aliphatic carbocycles. The fourth-order valence-corrected chi connectivity index (χ4v) is 2.62. The molecule has 26 heavy (non-hydrogen) atoms. The molecule has 0 atom stereocenters. The van der Waals surface area contributed by atoms with Crippen LogP contribution < -0.4 is 15.6 Å². The van der Waals surface area contributed by atoms with E-state index in [0.29, 0.717) is 41.1 Å². The number of fused-ring (bicyclic) bond motifs is 1. The van der Waals surface area contributed by atoms with Gasteiger partial charge in [-0.2, -0.15) is 0 Å². The highest BCUT2D eigenvalue weighted by molar-refractivity contribution is 6.31. The first-order chi connectivity index (χ1) is 12.5. The average Bonchev–Trinajstić information content (AvgIpc) is 2.62. The maximum Gasteiger partial charge on any atom is 0.258 e. The summed E-state index contributed by atoms with van der Waals surface area (Å²) in [6, 6.07) is 10.5. The number of carbonyl (C=O) groups excluding carboxylic acids is 1. The number of halogens is 1. The van der Waals surface area contributed by atoms with Gasteiger partial charge in [-0.3, -0.25) is 9.59 Å². The highest BCUT2D eigenvalue weighted by Crippen LogP contribution is 2.21. The molecule has 7 heteroatoms. The average molecular weight is 372 g/mol. The van der Waals surface area contributed by atoms with Gasteiger partial charge in [0.25, 0.3) is 5.56 Å². The normalized spacial score (nSPS) is 10.7. The zero-order valence-corrected chi connectivity index (χ0v) is 15.0. The van der Waals surface area contributed by atoms with Gasteiger partial charge in [-0.05, 0) is 55.3 Å². The minimum Gasteiger partial charge on any atom is -0.494 e. The first kappa shape index (κ1) is 17.9. The van der Waals surface area contributed by atoms with Crippen LogP contribution in [0.1, 0.15) is 18.4 Å². The molecule has 1 amide bonds. The van der Waals surface area contributed by atoms with Crippen LogP contribution in [-0.2, 0) is 4.79 Å². The Labute approximate surface area is 155 Å². The summed E-state index contributed by atoms with van der Waals surface area (Å²) in [6.07, 6.45) is 2.24. The van der Waals surface area contributed by atoms with Crippen molar-refractivity contribution in [3.8, 4) is 5.75 Å². The van der Waals surface area contributed by atoms with Crippen molar-refractivity contribution in [2.45, 2.75) is 19.8 Å². The number of nitrogens with zero attached hydrogens (tertiary/aromatic N) is 1. The smallest absolute Gasteiger partial charge is 0.258 e. The molecule has 2 N–H and O–H groups in total. The van der Waals surface area contributed by atoms with Crippen molar-refractivity contribution in [1.82, 2.24) is 9.97 Å². The Balaban J connectivity index is 1.50. The molecule has 0 spiro atoms. The van der Waals surface area contributed by atoms with Crippen LogP contribution in [0.25, 0.3) is 10.9 Å². The lowest BCUT2D eigenvalue weighted by atomic mass is 10.2. The Kier molecular flexibility index (Phi) is 5.53. The van der Waals surface area contributed by atoms with E-state index in [1.165, 1.54) is 6.33 Å². The second-order valence-corrected chi connectivity index (χ2v) is 6.28. The van der Waals surface area contributed by atoms with Crippen LogP contribution in [0.5, 0.6) is 5.75 Å². The number of anilines is 1. The molecule has 134 valence electrons. The van der Waals surface area contributed by atoms with Gasteiger partial charge in [0.1, 0.15) is 5.75 Å².